The Morgan fingerprint density at radius 2 is 1.65 bits per heavy atom. The van der Waals surface area contributed by atoms with Crippen molar-refractivity contribution in [3.63, 3.8) is 0 Å². The third-order valence-corrected chi connectivity index (χ3v) is 7.00. The molecule has 0 bridgehead atoms. The van der Waals surface area contributed by atoms with Crippen molar-refractivity contribution in [3.8, 4) is 17.0 Å². The standard InChI is InChI=1S/C24H27N3O3S/c1-4-24(28)27(2)21-10-6-19(7-11-21)20-8-12-22(13-9-20)31(25,29)16-15-18-5-14-23(30-3)26-17-18/h5-14,17,25H,4,15-16H2,1-3H3. The van der Waals surface area contributed by atoms with Crippen LogP contribution in [0.1, 0.15) is 18.9 Å². The maximum atomic E-state index is 12.9. The van der Waals surface area contributed by atoms with Crippen LogP contribution in [-0.2, 0) is 20.9 Å². The summed E-state index contributed by atoms with van der Waals surface area (Å²) in [5, 5.41) is 0. The highest BCUT2D eigenvalue weighted by molar-refractivity contribution is 7.92. The van der Waals surface area contributed by atoms with Gasteiger partial charge in [0, 0.05) is 42.1 Å². The molecule has 0 radical (unpaired) electrons. The predicted octanol–water partition coefficient (Wildman–Crippen LogP) is 4.78. The summed E-state index contributed by atoms with van der Waals surface area (Å²) >= 11 is 0. The van der Waals surface area contributed by atoms with E-state index in [1.54, 1.807) is 43.5 Å². The van der Waals surface area contributed by atoms with Crippen LogP contribution in [0, 0.1) is 4.78 Å². The van der Waals surface area contributed by atoms with E-state index >= 15 is 0 Å². The maximum Gasteiger partial charge on any atom is 0.226 e. The fraction of sp³-hybridized carbons (Fsp3) is 0.250. The molecule has 2 aromatic carbocycles. The average Bonchev–Trinajstić information content (AvgIpc) is 2.82. The number of nitrogens with one attached hydrogen (secondary N) is 1. The number of carbonyl (C=O) groups is 1. The predicted molar refractivity (Wildman–Crippen MR) is 124 cm³/mol. The van der Waals surface area contributed by atoms with Gasteiger partial charge < -0.3 is 9.64 Å². The molecule has 0 saturated heterocycles. The smallest absolute Gasteiger partial charge is 0.226 e. The number of rotatable bonds is 8. The zero-order valence-corrected chi connectivity index (χ0v) is 18.8. The SMILES string of the molecule is CCC(=O)N(C)c1ccc(-c2ccc(S(=N)(=O)CCc3ccc(OC)nc3)cc2)cc1. The number of anilines is 1. The number of methoxy groups -OCH3 is 1. The Hall–Kier alpha value is -3.19. The number of pyridine rings is 1. The molecule has 1 heterocycles. The van der Waals surface area contributed by atoms with E-state index in [0.717, 1.165) is 22.4 Å². The molecule has 1 unspecified atom stereocenters. The van der Waals surface area contributed by atoms with Crippen LogP contribution in [-0.4, -0.2) is 35.0 Å². The Labute approximate surface area is 183 Å². The van der Waals surface area contributed by atoms with Crippen molar-refractivity contribution in [2.75, 3.05) is 24.8 Å². The number of aromatic nitrogens is 1. The second-order valence-corrected chi connectivity index (χ2v) is 9.45. The van der Waals surface area contributed by atoms with Gasteiger partial charge in [0.25, 0.3) is 0 Å². The van der Waals surface area contributed by atoms with E-state index in [-0.39, 0.29) is 11.7 Å². The van der Waals surface area contributed by atoms with Crippen LogP contribution in [0.25, 0.3) is 11.1 Å². The fourth-order valence-corrected chi connectivity index (χ4v) is 4.52. The second-order valence-electron chi connectivity index (χ2n) is 7.22. The molecular formula is C24H27N3O3S. The average molecular weight is 438 g/mol. The molecule has 3 aromatic rings. The number of aryl methyl sites for hydroxylation is 1. The number of hydrogen-bond donors (Lipinski definition) is 1. The molecule has 0 saturated carbocycles. The molecule has 0 aliphatic carbocycles. The number of benzene rings is 2. The van der Waals surface area contributed by atoms with Crippen molar-refractivity contribution in [1.29, 1.82) is 4.78 Å². The minimum Gasteiger partial charge on any atom is -0.481 e. The summed E-state index contributed by atoms with van der Waals surface area (Å²) in [7, 11) is 0.418. The summed E-state index contributed by atoms with van der Waals surface area (Å²) in [4.78, 5) is 18.1. The molecule has 0 aliphatic rings. The molecule has 0 fully saturated rings. The first-order chi connectivity index (χ1) is 14.8. The first-order valence-corrected chi connectivity index (χ1v) is 11.8. The summed E-state index contributed by atoms with van der Waals surface area (Å²) in [6.45, 7) is 1.84. The molecule has 6 nitrogen and oxygen atoms in total. The molecule has 1 amide bonds. The van der Waals surface area contributed by atoms with Crippen molar-refractivity contribution in [1.82, 2.24) is 4.98 Å². The highest BCUT2D eigenvalue weighted by atomic mass is 32.2. The van der Waals surface area contributed by atoms with Gasteiger partial charge in [-0.2, -0.15) is 0 Å². The lowest BCUT2D eigenvalue weighted by molar-refractivity contribution is -0.118. The first-order valence-electron chi connectivity index (χ1n) is 10.1. The highest BCUT2D eigenvalue weighted by Crippen LogP contribution is 2.25. The van der Waals surface area contributed by atoms with E-state index in [0.29, 0.717) is 23.6 Å². The molecule has 162 valence electrons. The Balaban J connectivity index is 1.69. The van der Waals surface area contributed by atoms with Crippen LogP contribution >= 0.6 is 0 Å². The normalized spacial score (nSPS) is 12.7. The van der Waals surface area contributed by atoms with Gasteiger partial charge in [-0.1, -0.05) is 37.3 Å². The molecule has 31 heavy (non-hydrogen) atoms. The molecule has 7 heteroatoms. The number of nitrogens with zero attached hydrogens (tertiary/aromatic N) is 2. The summed E-state index contributed by atoms with van der Waals surface area (Å²) < 4.78 is 26.3. The molecule has 3 rings (SSSR count). The monoisotopic (exact) mass is 437 g/mol. The van der Waals surface area contributed by atoms with Crippen LogP contribution in [0.5, 0.6) is 5.88 Å². The van der Waals surface area contributed by atoms with Gasteiger partial charge in [-0.15, -0.1) is 0 Å². The van der Waals surface area contributed by atoms with E-state index in [1.807, 2.05) is 49.4 Å². The summed E-state index contributed by atoms with van der Waals surface area (Å²) in [5.74, 6) is 0.822. The van der Waals surface area contributed by atoms with E-state index in [2.05, 4.69) is 4.98 Å². The van der Waals surface area contributed by atoms with Gasteiger partial charge in [0.2, 0.25) is 11.8 Å². The third-order valence-electron chi connectivity index (χ3n) is 5.18. The van der Waals surface area contributed by atoms with Crippen molar-refractivity contribution < 1.29 is 13.7 Å². The van der Waals surface area contributed by atoms with Gasteiger partial charge in [-0.3, -0.25) is 4.79 Å². The lowest BCUT2D eigenvalue weighted by Gasteiger charge is -2.17. The van der Waals surface area contributed by atoms with Gasteiger partial charge in [0.1, 0.15) is 0 Å². The third kappa shape index (κ3) is 5.49. The van der Waals surface area contributed by atoms with Crippen molar-refractivity contribution in [2.24, 2.45) is 0 Å². The molecule has 0 spiro atoms. The lowest BCUT2D eigenvalue weighted by atomic mass is 10.1. The fourth-order valence-electron chi connectivity index (χ4n) is 3.18. The van der Waals surface area contributed by atoms with Gasteiger partial charge in [0.05, 0.1) is 16.8 Å². The Morgan fingerprint density at radius 3 is 2.16 bits per heavy atom. The maximum absolute atomic E-state index is 12.9. The lowest BCUT2D eigenvalue weighted by Crippen LogP contribution is -2.24. The van der Waals surface area contributed by atoms with E-state index < -0.39 is 9.73 Å². The van der Waals surface area contributed by atoms with Gasteiger partial charge in [-0.25, -0.2) is 14.0 Å². The van der Waals surface area contributed by atoms with Gasteiger partial charge in [-0.05, 0) is 47.4 Å². The molecular weight excluding hydrogens is 410 g/mol. The number of hydrogen-bond acceptors (Lipinski definition) is 5. The zero-order valence-electron chi connectivity index (χ0n) is 18.0. The van der Waals surface area contributed by atoms with E-state index in [9.17, 15) is 9.00 Å². The van der Waals surface area contributed by atoms with Crippen LogP contribution in [0.4, 0.5) is 5.69 Å². The van der Waals surface area contributed by atoms with Crippen LogP contribution in [0.15, 0.2) is 71.8 Å². The molecule has 1 atom stereocenters. The zero-order chi connectivity index (χ0) is 22.4. The highest BCUT2D eigenvalue weighted by Gasteiger charge is 2.12. The van der Waals surface area contributed by atoms with Crippen molar-refractivity contribution >= 4 is 21.3 Å². The minimum atomic E-state index is -2.91. The first kappa shape index (κ1) is 22.5. The Bertz CT molecular complexity index is 1120. The van der Waals surface area contributed by atoms with Crippen molar-refractivity contribution in [3.05, 3.63) is 72.4 Å². The van der Waals surface area contributed by atoms with E-state index in [4.69, 9.17) is 9.52 Å². The number of carbonyl (C=O) groups excluding carboxylic acids is 1. The quantitative estimate of drug-likeness (QED) is 0.550. The van der Waals surface area contributed by atoms with Gasteiger partial charge >= 0.3 is 0 Å². The Kier molecular flexibility index (Phi) is 7.07. The van der Waals surface area contributed by atoms with E-state index in [1.165, 1.54) is 0 Å². The second kappa shape index (κ2) is 9.75. The largest absolute Gasteiger partial charge is 0.481 e. The summed E-state index contributed by atoms with van der Waals surface area (Å²) in [6.07, 6.45) is 2.65. The minimum absolute atomic E-state index is 0.0627. The van der Waals surface area contributed by atoms with Crippen LogP contribution < -0.4 is 9.64 Å². The number of amides is 1. The Morgan fingerprint density at radius 1 is 1.03 bits per heavy atom. The topological polar surface area (TPSA) is 83.4 Å². The van der Waals surface area contributed by atoms with Crippen LogP contribution in [0.2, 0.25) is 0 Å². The number of ether oxygens (including phenoxy) is 1. The van der Waals surface area contributed by atoms with Crippen LogP contribution in [0.3, 0.4) is 0 Å². The summed E-state index contributed by atoms with van der Waals surface area (Å²) in [5.41, 5.74) is 3.72. The molecule has 1 aromatic heterocycles. The van der Waals surface area contributed by atoms with Gasteiger partial charge in [0.15, 0.2) is 0 Å². The van der Waals surface area contributed by atoms with Crippen molar-refractivity contribution in [2.45, 2.75) is 24.7 Å². The molecule has 0 aliphatic heterocycles. The molecule has 1 N–H and O–H groups in total. The summed E-state index contributed by atoms with van der Waals surface area (Å²) in [6, 6.07) is 18.7.